The van der Waals surface area contributed by atoms with Crippen molar-refractivity contribution in [3.63, 3.8) is 0 Å². The monoisotopic (exact) mass is 444 g/mol. The summed E-state index contributed by atoms with van der Waals surface area (Å²) in [4.78, 5) is 31.7. The molecule has 6 rings (SSSR count). The second kappa shape index (κ2) is 7.28. The second-order valence-electron chi connectivity index (χ2n) is 7.82. The van der Waals surface area contributed by atoms with E-state index in [4.69, 9.17) is 16.7 Å². The maximum Gasteiger partial charge on any atom is 0.279 e. The van der Waals surface area contributed by atoms with Gasteiger partial charge < -0.3 is 9.88 Å². The molecule has 0 aromatic carbocycles. The van der Waals surface area contributed by atoms with Gasteiger partial charge in [0.1, 0.15) is 17.4 Å². The average molecular weight is 445 g/mol. The van der Waals surface area contributed by atoms with E-state index in [1.807, 2.05) is 4.57 Å². The molecule has 5 heterocycles. The van der Waals surface area contributed by atoms with Crippen molar-refractivity contribution in [1.82, 2.24) is 34.1 Å². The van der Waals surface area contributed by atoms with Crippen molar-refractivity contribution < 1.29 is 0 Å². The van der Waals surface area contributed by atoms with E-state index < -0.39 is 0 Å². The molecule has 1 saturated carbocycles. The minimum atomic E-state index is -0.0712. The first-order chi connectivity index (χ1) is 14.2. The third kappa shape index (κ3) is 2.97. The summed E-state index contributed by atoms with van der Waals surface area (Å²) in [6.07, 6.45) is 9.12. The quantitative estimate of drug-likeness (QED) is 0.519. The summed E-state index contributed by atoms with van der Waals surface area (Å²) in [5.74, 6) is 2.11. The van der Waals surface area contributed by atoms with Crippen molar-refractivity contribution in [3.05, 3.63) is 46.1 Å². The zero-order valence-corrected chi connectivity index (χ0v) is 17.9. The van der Waals surface area contributed by atoms with Gasteiger partial charge >= 0.3 is 0 Å². The molecule has 1 aliphatic heterocycles. The minimum absolute atomic E-state index is 0. The first kappa shape index (κ1) is 19.4. The first-order valence-electron chi connectivity index (χ1n) is 9.89. The van der Waals surface area contributed by atoms with E-state index in [0.29, 0.717) is 28.6 Å². The van der Waals surface area contributed by atoms with E-state index in [-0.39, 0.29) is 25.1 Å². The van der Waals surface area contributed by atoms with E-state index in [1.54, 1.807) is 23.1 Å². The van der Waals surface area contributed by atoms with Gasteiger partial charge in [-0.2, -0.15) is 18.6 Å². The van der Waals surface area contributed by atoms with Crippen molar-refractivity contribution in [2.75, 3.05) is 11.4 Å². The summed E-state index contributed by atoms with van der Waals surface area (Å²) in [6.45, 7) is 1.52. The molecular formula is C19H21ClN8OS. The van der Waals surface area contributed by atoms with Crippen molar-refractivity contribution in [1.29, 1.82) is 0 Å². The Balaban J connectivity index is 0.00000193. The van der Waals surface area contributed by atoms with E-state index in [1.165, 1.54) is 6.33 Å². The van der Waals surface area contributed by atoms with Gasteiger partial charge in [0.05, 0.1) is 17.4 Å². The number of anilines is 1. The second-order valence-corrected chi connectivity index (χ2v) is 8.23. The third-order valence-corrected chi connectivity index (χ3v) is 6.22. The van der Waals surface area contributed by atoms with E-state index in [9.17, 15) is 4.79 Å². The van der Waals surface area contributed by atoms with Crippen LogP contribution in [0.2, 0.25) is 5.02 Å². The Morgan fingerprint density at radius 2 is 2.07 bits per heavy atom. The summed E-state index contributed by atoms with van der Waals surface area (Å²) in [5.41, 5.74) is 1.81. The number of nitrogens with one attached hydrogen (secondary N) is 1. The number of aromatic nitrogens is 7. The van der Waals surface area contributed by atoms with E-state index in [0.717, 1.165) is 49.4 Å². The Morgan fingerprint density at radius 1 is 1.20 bits per heavy atom. The van der Waals surface area contributed by atoms with Crippen LogP contribution in [0.1, 0.15) is 37.5 Å². The van der Waals surface area contributed by atoms with Crippen molar-refractivity contribution >= 4 is 47.6 Å². The van der Waals surface area contributed by atoms with Crippen LogP contribution in [0.3, 0.4) is 0 Å². The molecule has 1 saturated heterocycles. The number of imidazole rings is 1. The fourth-order valence-corrected chi connectivity index (χ4v) is 4.54. The van der Waals surface area contributed by atoms with Crippen molar-refractivity contribution in [3.8, 4) is 0 Å². The topological polar surface area (TPSA) is 97.0 Å². The zero-order chi connectivity index (χ0) is 19.5. The summed E-state index contributed by atoms with van der Waals surface area (Å²) in [5, 5.41) is 5.29. The predicted octanol–water partition coefficient (Wildman–Crippen LogP) is 2.68. The highest BCUT2D eigenvalue weighted by molar-refractivity contribution is 7.59. The molecule has 1 N–H and O–H groups in total. The molecule has 11 heteroatoms. The van der Waals surface area contributed by atoms with Crippen LogP contribution in [0.5, 0.6) is 0 Å². The molecule has 4 aromatic heterocycles. The van der Waals surface area contributed by atoms with Crippen LogP contribution < -0.4 is 10.5 Å². The highest BCUT2D eigenvalue weighted by atomic mass is 35.5. The highest BCUT2D eigenvalue weighted by Crippen LogP contribution is 2.37. The Labute approximate surface area is 183 Å². The van der Waals surface area contributed by atoms with Gasteiger partial charge in [-0.15, -0.1) is 0 Å². The summed E-state index contributed by atoms with van der Waals surface area (Å²) < 4.78 is 3.46. The molecule has 30 heavy (non-hydrogen) atoms. The molecule has 1 aliphatic carbocycles. The van der Waals surface area contributed by atoms with E-state index >= 15 is 0 Å². The zero-order valence-electron chi connectivity index (χ0n) is 16.1. The molecule has 0 unspecified atom stereocenters. The van der Waals surface area contributed by atoms with Gasteiger partial charge in [0.15, 0.2) is 17.3 Å². The number of fused-ring (bicyclic) bond motifs is 2. The molecule has 0 bridgehead atoms. The number of hydrogen-bond acceptors (Lipinski definition) is 6. The fraction of sp³-hybridized carbons (Fsp3) is 0.421. The lowest BCUT2D eigenvalue weighted by molar-refractivity contribution is 0.506. The molecular weight excluding hydrogens is 424 g/mol. The number of hydrogen-bond donors (Lipinski definition) is 1. The largest absolute Gasteiger partial charge is 0.344 e. The lowest BCUT2D eigenvalue weighted by atomic mass is 10.2. The average Bonchev–Trinajstić information content (AvgIpc) is 3.11. The normalized spacial score (nSPS) is 19.0. The number of halogens is 1. The van der Waals surface area contributed by atoms with Gasteiger partial charge in [-0.1, -0.05) is 11.6 Å². The van der Waals surface area contributed by atoms with Gasteiger partial charge in [0, 0.05) is 19.3 Å². The van der Waals surface area contributed by atoms with Gasteiger partial charge in [0.2, 0.25) is 0 Å². The lowest BCUT2D eigenvalue weighted by Crippen LogP contribution is -2.34. The summed E-state index contributed by atoms with van der Waals surface area (Å²) in [7, 11) is 0. The van der Waals surface area contributed by atoms with Crippen molar-refractivity contribution in [2.24, 2.45) is 5.92 Å². The molecule has 2 aliphatic rings. The predicted molar refractivity (Wildman–Crippen MR) is 119 cm³/mol. The molecule has 4 aromatic rings. The Morgan fingerprint density at radius 3 is 2.90 bits per heavy atom. The van der Waals surface area contributed by atoms with Crippen LogP contribution in [-0.4, -0.2) is 40.7 Å². The van der Waals surface area contributed by atoms with Gasteiger partial charge in [-0.05, 0) is 37.7 Å². The smallest absolute Gasteiger partial charge is 0.279 e. The SMILES string of the molecule is O=c1c2c(Cl)ccn2nc([C@@H]2CCCN2c2ncnc3nc[nH]c23)n1CC1CC1.S. The molecule has 1 atom stereocenters. The molecule has 2 fully saturated rings. The third-order valence-electron chi connectivity index (χ3n) is 5.92. The van der Waals surface area contributed by atoms with Crippen LogP contribution >= 0.6 is 25.1 Å². The minimum Gasteiger partial charge on any atom is -0.344 e. The highest BCUT2D eigenvalue weighted by Gasteiger charge is 2.34. The van der Waals surface area contributed by atoms with Crippen molar-refractivity contribution in [2.45, 2.75) is 38.3 Å². The maximum atomic E-state index is 13.3. The van der Waals surface area contributed by atoms with Crippen LogP contribution in [0.25, 0.3) is 16.7 Å². The van der Waals surface area contributed by atoms with Gasteiger partial charge in [-0.3, -0.25) is 9.36 Å². The van der Waals surface area contributed by atoms with Crippen LogP contribution in [0, 0.1) is 5.92 Å². The Kier molecular flexibility index (Phi) is 4.70. The van der Waals surface area contributed by atoms with Gasteiger partial charge in [0.25, 0.3) is 5.56 Å². The lowest BCUT2D eigenvalue weighted by Gasteiger charge is -2.27. The molecule has 0 spiro atoms. The van der Waals surface area contributed by atoms with Crippen LogP contribution in [0.15, 0.2) is 29.7 Å². The number of rotatable bonds is 4. The van der Waals surface area contributed by atoms with Crippen LogP contribution in [0.4, 0.5) is 5.82 Å². The van der Waals surface area contributed by atoms with Crippen LogP contribution in [-0.2, 0) is 6.54 Å². The summed E-state index contributed by atoms with van der Waals surface area (Å²) >= 11 is 6.28. The first-order valence-corrected chi connectivity index (χ1v) is 10.3. The molecule has 9 nitrogen and oxygen atoms in total. The Hall–Kier alpha value is -2.59. The molecule has 0 radical (unpaired) electrons. The van der Waals surface area contributed by atoms with Gasteiger partial charge in [-0.25, -0.2) is 19.5 Å². The number of aromatic amines is 1. The number of H-pyrrole nitrogens is 1. The summed E-state index contributed by atoms with van der Waals surface area (Å²) in [6, 6.07) is 1.68. The standard InChI is InChI=1S/C19H19ClN8O.H2S/c20-12-5-7-28-15(12)19(29)27(8-11-3-4-11)17(25-28)13-2-1-6-26(13)18-14-16(22-9-21-14)23-10-24-18;/h5,7,9-11,13H,1-4,6,8H2,(H,21,22,23,24);1H2/t13-;/m0./s1. The Bertz CT molecular complexity index is 1290. The number of nitrogens with zero attached hydrogens (tertiary/aromatic N) is 7. The maximum absolute atomic E-state index is 13.3. The molecule has 156 valence electrons. The van der Waals surface area contributed by atoms with E-state index in [2.05, 4.69) is 24.8 Å². The fourth-order valence-electron chi connectivity index (χ4n) is 4.32. The molecule has 0 amide bonds.